The lowest BCUT2D eigenvalue weighted by atomic mass is 9.86. The number of nitrogens with one attached hydrogen (secondary N) is 1. The van der Waals surface area contributed by atoms with Gasteiger partial charge in [0.15, 0.2) is 0 Å². The quantitative estimate of drug-likeness (QED) is 0.869. The number of rotatable bonds is 4. The lowest BCUT2D eigenvalue weighted by molar-refractivity contribution is 0.206. The molecular formula is C18H24N2O3. The molecule has 1 aromatic carbocycles. The standard InChI is InChI=1S/C18H24N2O3/c1-22-16-8-7-13(17(9-16)23-2)10-19-18(21)20-11-14-5-3-4-6-15(14)12-20/h3-4,7-9,14-15H,5-6,10-12H2,1-2H3,(H,19,21). The van der Waals surface area contributed by atoms with Gasteiger partial charge >= 0.3 is 6.03 Å². The van der Waals surface area contributed by atoms with Crippen LogP contribution in [0.4, 0.5) is 4.79 Å². The van der Waals surface area contributed by atoms with E-state index < -0.39 is 0 Å². The topological polar surface area (TPSA) is 50.8 Å². The van der Waals surface area contributed by atoms with Crippen molar-refractivity contribution in [2.45, 2.75) is 19.4 Å². The van der Waals surface area contributed by atoms with Gasteiger partial charge in [0.2, 0.25) is 0 Å². The van der Waals surface area contributed by atoms with Crippen molar-refractivity contribution in [3.8, 4) is 11.5 Å². The first-order chi connectivity index (χ1) is 11.2. The molecule has 0 radical (unpaired) electrons. The molecule has 1 fully saturated rings. The van der Waals surface area contributed by atoms with E-state index >= 15 is 0 Å². The fraction of sp³-hybridized carbons (Fsp3) is 0.500. The summed E-state index contributed by atoms with van der Waals surface area (Å²) in [6.07, 6.45) is 6.68. The second kappa shape index (κ2) is 6.94. The molecule has 2 aliphatic rings. The van der Waals surface area contributed by atoms with Crippen LogP contribution in [0.2, 0.25) is 0 Å². The molecule has 2 atom stereocenters. The summed E-state index contributed by atoms with van der Waals surface area (Å²) in [7, 11) is 3.25. The van der Waals surface area contributed by atoms with E-state index in [-0.39, 0.29) is 6.03 Å². The maximum Gasteiger partial charge on any atom is 0.317 e. The maximum absolute atomic E-state index is 12.4. The van der Waals surface area contributed by atoms with Crippen LogP contribution in [0, 0.1) is 11.8 Å². The number of likely N-dealkylation sites (tertiary alicyclic amines) is 1. The summed E-state index contributed by atoms with van der Waals surface area (Å²) in [6, 6.07) is 5.64. The summed E-state index contributed by atoms with van der Waals surface area (Å²) in [5.41, 5.74) is 0.944. The van der Waals surface area contributed by atoms with E-state index in [4.69, 9.17) is 9.47 Å². The zero-order chi connectivity index (χ0) is 16.2. The van der Waals surface area contributed by atoms with Crippen LogP contribution in [0.3, 0.4) is 0 Å². The highest BCUT2D eigenvalue weighted by atomic mass is 16.5. The minimum Gasteiger partial charge on any atom is -0.497 e. The van der Waals surface area contributed by atoms with Gasteiger partial charge in [-0.05, 0) is 36.8 Å². The second-order valence-corrected chi connectivity index (χ2v) is 6.20. The molecule has 1 heterocycles. The van der Waals surface area contributed by atoms with Gasteiger partial charge in [-0.3, -0.25) is 0 Å². The van der Waals surface area contributed by atoms with E-state index in [1.807, 2.05) is 23.1 Å². The Labute approximate surface area is 137 Å². The van der Waals surface area contributed by atoms with Crippen molar-refractivity contribution in [3.63, 3.8) is 0 Å². The highest BCUT2D eigenvalue weighted by Gasteiger charge is 2.34. The van der Waals surface area contributed by atoms with Crippen molar-refractivity contribution >= 4 is 6.03 Å². The fourth-order valence-corrected chi connectivity index (χ4v) is 3.46. The van der Waals surface area contributed by atoms with E-state index in [0.29, 0.717) is 18.4 Å². The molecule has 23 heavy (non-hydrogen) atoms. The second-order valence-electron chi connectivity index (χ2n) is 6.20. The van der Waals surface area contributed by atoms with Crippen molar-refractivity contribution in [3.05, 3.63) is 35.9 Å². The Kier molecular flexibility index (Phi) is 4.74. The molecule has 2 amide bonds. The zero-order valence-corrected chi connectivity index (χ0v) is 13.7. The molecule has 1 aromatic rings. The van der Waals surface area contributed by atoms with Gasteiger partial charge in [0, 0.05) is 31.3 Å². The Balaban J connectivity index is 1.57. The molecule has 2 unspecified atom stereocenters. The molecule has 1 aliphatic heterocycles. The van der Waals surface area contributed by atoms with Gasteiger partial charge in [-0.15, -0.1) is 0 Å². The predicted octanol–water partition coefficient (Wildman–Crippen LogP) is 2.81. The van der Waals surface area contributed by atoms with Gasteiger partial charge in [-0.25, -0.2) is 4.79 Å². The number of methoxy groups -OCH3 is 2. The van der Waals surface area contributed by atoms with Crippen molar-refractivity contribution in [2.75, 3.05) is 27.3 Å². The number of hydrogen-bond donors (Lipinski definition) is 1. The van der Waals surface area contributed by atoms with Gasteiger partial charge < -0.3 is 19.7 Å². The minimum absolute atomic E-state index is 0.0114. The first-order valence-corrected chi connectivity index (χ1v) is 8.10. The van der Waals surface area contributed by atoms with E-state index in [1.54, 1.807) is 14.2 Å². The highest BCUT2D eigenvalue weighted by Crippen LogP contribution is 2.32. The lowest BCUT2D eigenvalue weighted by Crippen LogP contribution is -2.38. The van der Waals surface area contributed by atoms with Gasteiger partial charge in [-0.1, -0.05) is 12.2 Å². The Bertz CT molecular complexity index is 584. The first-order valence-electron chi connectivity index (χ1n) is 8.10. The van der Waals surface area contributed by atoms with E-state index in [0.717, 1.165) is 43.0 Å². The summed E-state index contributed by atoms with van der Waals surface area (Å²) >= 11 is 0. The number of nitrogens with zero attached hydrogens (tertiary/aromatic N) is 1. The Hall–Kier alpha value is -2.17. The van der Waals surface area contributed by atoms with Crippen LogP contribution in [-0.4, -0.2) is 38.2 Å². The number of ether oxygens (including phenoxy) is 2. The van der Waals surface area contributed by atoms with Gasteiger partial charge in [-0.2, -0.15) is 0 Å². The molecular weight excluding hydrogens is 292 g/mol. The van der Waals surface area contributed by atoms with Crippen molar-refractivity contribution in [1.29, 1.82) is 0 Å². The number of amides is 2. The average molecular weight is 316 g/mol. The smallest absolute Gasteiger partial charge is 0.317 e. The normalized spacial score (nSPS) is 22.6. The zero-order valence-electron chi connectivity index (χ0n) is 13.7. The highest BCUT2D eigenvalue weighted by molar-refractivity contribution is 5.74. The van der Waals surface area contributed by atoms with Gasteiger partial charge in [0.25, 0.3) is 0 Å². The minimum atomic E-state index is 0.0114. The summed E-state index contributed by atoms with van der Waals surface area (Å²) in [6.45, 7) is 2.18. The summed E-state index contributed by atoms with van der Waals surface area (Å²) in [5, 5.41) is 3.01. The monoisotopic (exact) mass is 316 g/mol. The van der Waals surface area contributed by atoms with Crippen molar-refractivity contribution in [1.82, 2.24) is 10.2 Å². The number of hydrogen-bond acceptors (Lipinski definition) is 3. The first kappa shape index (κ1) is 15.7. The fourth-order valence-electron chi connectivity index (χ4n) is 3.46. The SMILES string of the molecule is COc1ccc(CNC(=O)N2CC3CC=CCC3C2)c(OC)c1. The van der Waals surface area contributed by atoms with Crippen LogP contribution in [0.5, 0.6) is 11.5 Å². The Morgan fingerprint density at radius 1 is 1.17 bits per heavy atom. The van der Waals surface area contributed by atoms with Crippen LogP contribution >= 0.6 is 0 Å². The number of allylic oxidation sites excluding steroid dienone is 2. The summed E-state index contributed by atoms with van der Waals surface area (Å²) in [4.78, 5) is 14.4. The third-order valence-corrected chi connectivity index (χ3v) is 4.83. The molecule has 1 aliphatic carbocycles. The third kappa shape index (κ3) is 3.44. The van der Waals surface area contributed by atoms with E-state index in [2.05, 4.69) is 17.5 Å². The molecule has 124 valence electrons. The molecule has 1 saturated heterocycles. The number of carbonyl (C=O) groups is 1. The average Bonchev–Trinajstić information content (AvgIpc) is 3.03. The van der Waals surface area contributed by atoms with E-state index in [9.17, 15) is 4.79 Å². The molecule has 0 spiro atoms. The van der Waals surface area contributed by atoms with Crippen LogP contribution in [0.25, 0.3) is 0 Å². The number of urea groups is 1. The van der Waals surface area contributed by atoms with Crippen LogP contribution in [0.15, 0.2) is 30.4 Å². The molecule has 0 saturated carbocycles. The summed E-state index contributed by atoms with van der Waals surface area (Å²) < 4.78 is 10.6. The molecule has 3 rings (SSSR count). The molecule has 5 heteroatoms. The maximum atomic E-state index is 12.4. The van der Waals surface area contributed by atoms with Crippen LogP contribution in [0.1, 0.15) is 18.4 Å². The largest absolute Gasteiger partial charge is 0.497 e. The van der Waals surface area contributed by atoms with E-state index in [1.165, 1.54) is 0 Å². The van der Waals surface area contributed by atoms with Gasteiger partial charge in [0.05, 0.1) is 14.2 Å². The van der Waals surface area contributed by atoms with Gasteiger partial charge in [0.1, 0.15) is 11.5 Å². The molecule has 1 N–H and O–H groups in total. The Morgan fingerprint density at radius 3 is 2.48 bits per heavy atom. The number of fused-ring (bicyclic) bond motifs is 1. The predicted molar refractivity (Wildman–Crippen MR) is 88.7 cm³/mol. The molecule has 5 nitrogen and oxygen atoms in total. The van der Waals surface area contributed by atoms with Crippen LogP contribution in [-0.2, 0) is 6.54 Å². The number of carbonyl (C=O) groups excluding carboxylic acids is 1. The van der Waals surface area contributed by atoms with Crippen molar-refractivity contribution < 1.29 is 14.3 Å². The lowest BCUT2D eigenvalue weighted by Gasteiger charge is -2.18. The van der Waals surface area contributed by atoms with Crippen LogP contribution < -0.4 is 14.8 Å². The number of benzene rings is 1. The molecule has 0 aromatic heterocycles. The summed E-state index contributed by atoms with van der Waals surface area (Å²) in [5.74, 6) is 2.72. The molecule has 0 bridgehead atoms. The van der Waals surface area contributed by atoms with Crippen molar-refractivity contribution in [2.24, 2.45) is 11.8 Å². The Morgan fingerprint density at radius 2 is 1.87 bits per heavy atom. The third-order valence-electron chi connectivity index (χ3n) is 4.83.